The maximum Gasteiger partial charge on any atom is 0.0104 e. The first-order valence-corrected chi connectivity index (χ1v) is 4.36. The number of rotatable bonds is 0. The maximum atomic E-state index is 4.50. The van der Waals surface area contributed by atoms with E-state index in [0.717, 1.165) is 13.1 Å². The summed E-state index contributed by atoms with van der Waals surface area (Å²) in [4.78, 5) is 2.33. The van der Waals surface area contributed by atoms with Crippen LogP contribution in [0.15, 0.2) is 0 Å². The topological polar surface area (TPSA) is 41.3 Å². The van der Waals surface area contributed by atoms with Crippen LogP contribution in [0.5, 0.6) is 0 Å². The average Bonchev–Trinajstić information content (AvgIpc) is 2.13. The van der Waals surface area contributed by atoms with Crippen LogP contribution in [0.1, 0.15) is 13.8 Å². The van der Waals surface area contributed by atoms with Crippen molar-refractivity contribution < 1.29 is 0 Å². The van der Waals surface area contributed by atoms with Crippen molar-refractivity contribution in [3.63, 3.8) is 0 Å². The lowest BCUT2D eigenvalue weighted by molar-refractivity contribution is 0.291. The summed E-state index contributed by atoms with van der Waals surface area (Å²) in [5, 5.41) is 3.27. The van der Waals surface area contributed by atoms with E-state index in [2.05, 4.69) is 23.0 Å². The summed E-state index contributed by atoms with van der Waals surface area (Å²) in [6.45, 7) is 8.74. The lowest BCUT2D eigenvalue weighted by Gasteiger charge is -2.21. The van der Waals surface area contributed by atoms with Gasteiger partial charge in [-0.15, -0.1) is 0 Å². The molecule has 11 heavy (non-hydrogen) atoms. The van der Waals surface area contributed by atoms with Crippen molar-refractivity contribution in [3.05, 3.63) is 0 Å². The Hall–Kier alpha value is -0.120. The van der Waals surface area contributed by atoms with Gasteiger partial charge in [-0.3, -0.25) is 0 Å². The molecular weight excluding hydrogens is 138 g/mol. The number of hydrogen-bond donors (Lipinski definition) is 2. The highest BCUT2D eigenvalue weighted by molar-refractivity contribution is 4.62. The molecule has 0 aromatic rings. The van der Waals surface area contributed by atoms with Gasteiger partial charge in [-0.1, -0.05) is 13.8 Å². The van der Waals surface area contributed by atoms with Crippen LogP contribution < -0.4 is 11.1 Å². The second kappa shape index (κ2) is 12.5. The number of hydrogen-bond acceptors (Lipinski definition) is 3. The van der Waals surface area contributed by atoms with E-state index in [0.29, 0.717) is 0 Å². The van der Waals surface area contributed by atoms with Crippen molar-refractivity contribution in [2.45, 2.75) is 13.8 Å². The Kier molecular flexibility index (Phi) is 15.4. The van der Waals surface area contributed by atoms with Gasteiger partial charge in [0.25, 0.3) is 0 Å². The number of nitrogens with one attached hydrogen (secondary N) is 1. The molecule has 0 radical (unpaired) electrons. The molecule has 1 aliphatic rings. The molecule has 0 aromatic carbocycles. The molecular formula is C8H23N3. The van der Waals surface area contributed by atoms with Crippen LogP contribution in [0.3, 0.4) is 0 Å². The molecule has 3 nitrogen and oxygen atoms in total. The highest BCUT2D eigenvalue weighted by Gasteiger charge is 2.01. The van der Waals surface area contributed by atoms with Crippen LogP contribution in [0, 0.1) is 0 Å². The van der Waals surface area contributed by atoms with Crippen molar-refractivity contribution in [3.8, 4) is 0 Å². The summed E-state index contributed by atoms with van der Waals surface area (Å²) < 4.78 is 0. The summed E-state index contributed by atoms with van der Waals surface area (Å²) >= 11 is 0. The second-order valence-corrected chi connectivity index (χ2v) is 2.05. The third kappa shape index (κ3) is 9.88. The minimum absolute atomic E-state index is 1.16. The van der Waals surface area contributed by atoms with Gasteiger partial charge in [0.05, 0.1) is 0 Å². The van der Waals surface area contributed by atoms with Crippen molar-refractivity contribution >= 4 is 0 Å². The van der Waals surface area contributed by atoms with Crippen LogP contribution in [0.25, 0.3) is 0 Å². The van der Waals surface area contributed by atoms with Gasteiger partial charge in [-0.25, -0.2) is 0 Å². The van der Waals surface area contributed by atoms with E-state index in [4.69, 9.17) is 0 Å². The largest absolute Gasteiger partial charge is 0.333 e. The fourth-order valence-electron chi connectivity index (χ4n) is 0.777. The van der Waals surface area contributed by atoms with Gasteiger partial charge in [-0.05, 0) is 14.1 Å². The van der Waals surface area contributed by atoms with Gasteiger partial charge >= 0.3 is 0 Å². The molecule has 70 valence electrons. The number of likely N-dealkylation sites (N-methyl/N-ethyl adjacent to an activating group) is 1. The molecule has 3 heteroatoms. The van der Waals surface area contributed by atoms with Gasteiger partial charge in [0.2, 0.25) is 0 Å². The lowest BCUT2D eigenvalue weighted by Crippen LogP contribution is -2.40. The molecule has 0 saturated carbocycles. The molecule has 0 amide bonds. The van der Waals surface area contributed by atoms with Gasteiger partial charge in [-0.2, -0.15) is 0 Å². The zero-order chi connectivity index (χ0) is 9.11. The normalized spacial score (nSPS) is 17.2. The third-order valence-electron chi connectivity index (χ3n) is 1.34. The molecule has 1 saturated heterocycles. The molecule has 0 atom stereocenters. The van der Waals surface area contributed by atoms with Crippen LogP contribution in [-0.2, 0) is 0 Å². The van der Waals surface area contributed by atoms with E-state index in [9.17, 15) is 0 Å². The van der Waals surface area contributed by atoms with Crippen molar-refractivity contribution in [1.82, 2.24) is 10.2 Å². The molecule has 0 spiro atoms. The fourth-order valence-corrected chi connectivity index (χ4v) is 0.777. The second-order valence-electron chi connectivity index (χ2n) is 2.05. The summed E-state index contributed by atoms with van der Waals surface area (Å²) in [5.74, 6) is 0. The Bertz CT molecular complexity index is 51.3. The Morgan fingerprint density at radius 3 is 1.64 bits per heavy atom. The van der Waals surface area contributed by atoms with Gasteiger partial charge in [0.15, 0.2) is 0 Å². The van der Waals surface area contributed by atoms with E-state index in [1.165, 1.54) is 20.1 Å². The number of piperazine rings is 1. The Balaban J connectivity index is 0. The molecule has 0 aromatic heterocycles. The van der Waals surface area contributed by atoms with Crippen molar-refractivity contribution in [1.29, 1.82) is 0 Å². The molecule has 1 heterocycles. The van der Waals surface area contributed by atoms with Crippen LogP contribution in [0.4, 0.5) is 0 Å². The summed E-state index contributed by atoms with van der Waals surface area (Å²) in [6.07, 6.45) is 0. The van der Waals surface area contributed by atoms with E-state index in [1.807, 2.05) is 13.8 Å². The quantitative estimate of drug-likeness (QED) is 0.530. The zero-order valence-electron chi connectivity index (χ0n) is 8.35. The summed E-state index contributed by atoms with van der Waals surface area (Å²) in [5.41, 5.74) is 4.50. The molecule has 1 fully saturated rings. The lowest BCUT2D eigenvalue weighted by atomic mass is 10.4. The first-order valence-electron chi connectivity index (χ1n) is 4.36. The van der Waals surface area contributed by atoms with Crippen LogP contribution in [0.2, 0.25) is 0 Å². The van der Waals surface area contributed by atoms with Gasteiger partial charge < -0.3 is 16.0 Å². The smallest absolute Gasteiger partial charge is 0.0104 e. The predicted octanol–water partition coefficient (Wildman–Crippen LogP) is 0.123. The average molecular weight is 161 g/mol. The number of nitrogens with zero attached hydrogens (tertiary/aromatic N) is 1. The first-order chi connectivity index (χ1) is 5.39. The molecule has 1 rings (SSSR count). The highest BCUT2D eigenvalue weighted by atomic mass is 15.2. The van der Waals surface area contributed by atoms with Gasteiger partial charge in [0, 0.05) is 26.2 Å². The monoisotopic (exact) mass is 161 g/mol. The minimum atomic E-state index is 1.16. The van der Waals surface area contributed by atoms with E-state index in [1.54, 1.807) is 0 Å². The Labute approximate surface area is 70.9 Å². The SMILES string of the molecule is CC.CN.CN1CCNCC1. The zero-order valence-corrected chi connectivity index (χ0v) is 8.35. The van der Waals surface area contributed by atoms with E-state index >= 15 is 0 Å². The molecule has 0 unspecified atom stereocenters. The molecule has 1 aliphatic heterocycles. The minimum Gasteiger partial charge on any atom is -0.333 e. The standard InChI is InChI=1S/C5H12N2.C2H6.CH5N/c1-7-4-2-6-3-5-7;2*1-2/h6H,2-5H2,1H3;1-2H3;2H2,1H3. The van der Waals surface area contributed by atoms with Crippen molar-refractivity contribution in [2.24, 2.45) is 5.73 Å². The highest BCUT2D eigenvalue weighted by Crippen LogP contribution is 1.82. The molecule has 0 bridgehead atoms. The molecule has 0 aliphatic carbocycles. The van der Waals surface area contributed by atoms with Gasteiger partial charge in [0.1, 0.15) is 0 Å². The van der Waals surface area contributed by atoms with Crippen molar-refractivity contribution in [2.75, 3.05) is 40.3 Å². The number of nitrogens with two attached hydrogens (primary N) is 1. The van der Waals surface area contributed by atoms with Crippen LogP contribution >= 0.6 is 0 Å². The third-order valence-corrected chi connectivity index (χ3v) is 1.34. The van der Waals surface area contributed by atoms with Crippen LogP contribution in [-0.4, -0.2) is 45.2 Å². The summed E-state index contributed by atoms with van der Waals surface area (Å²) in [7, 11) is 3.65. The Morgan fingerprint density at radius 2 is 1.45 bits per heavy atom. The predicted molar refractivity (Wildman–Crippen MR) is 51.8 cm³/mol. The fraction of sp³-hybridized carbons (Fsp3) is 1.00. The Morgan fingerprint density at radius 1 is 1.09 bits per heavy atom. The molecule has 3 N–H and O–H groups in total. The van der Waals surface area contributed by atoms with E-state index in [-0.39, 0.29) is 0 Å². The van der Waals surface area contributed by atoms with E-state index < -0.39 is 0 Å². The first kappa shape index (κ1) is 13.5. The maximum absolute atomic E-state index is 4.50. The summed E-state index contributed by atoms with van der Waals surface area (Å²) in [6, 6.07) is 0.